The lowest BCUT2D eigenvalue weighted by Crippen LogP contribution is -2.24. The number of para-hydroxylation sites is 1. The number of likely N-dealkylation sites (N-methyl/N-ethyl adjacent to an activating group) is 1. The Morgan fingerprint density at radius 2 is 2.19 bits per heavy atom. The maximum absolute atomic E-state index is 11.7. The van der Waals surface area contributed by atoms with E-state index in [1.165, 1.54) is 0 Å². The number of aromatic nitrogens is 2. The van der Waals surface area contributed by atoms with Gasteiger partial charge in [-0.3, -0.25) is 4.57 Å². The van der Waals surface area contributed by atoms with Gasteiger partial charge in [0.15, 0.2) is 0 Å². The van der Waals surface area contributed by atoms with Gasteiger partial charge in [0.1, 0.15) is 11.3 Å². The van der Waals surface area contributed by atoms with Gasteiger partial charge in [-0.05, 0) is 26.2 Å². The maximum Gasteiger partial charge on any atom is 0.326 e. The minimum absolute atomic E-state index is 0.134. The van der Waals surface area contributed by atoms with Crippen LogP contribution < -0.4 is 5.69 Å². The number of hydrogen-bond donors (Lipinski definition) is 2. The third-order valence-electron chi connectivity index (χ3n) is 2.54. The van der Waals surface area contributed by atoms with E-state index in [2.05, 4.69) is 4.98 Å². The lowest BCUT2D eigenvalue weighted by Gasteiger charge is -2.10. The van der Waals surface area contributed by atoms with Crippen molar-refractivity contribution in [3.05, 3.63) is 28.7 Å². The van der Waals surface area contributed by atoms with E-state index in [1.54, 1.807) is 22.8 Å². The number of benzene rings is 1. The smallest absolute Gasteiger partial charge is 0.326 e. The Balaban J connectivity index is 2.51. The summed E-state index contributed by atoms with van der Waals surface area (Å²) in [6.07, 6.45) is 0. The van der Waals surface area contributed by atoms with E-state index in [0.717, 1.165) is 6.54 Å². The molecule has 0 spiro atoms. The minimum Gasteiger partial charge on any atom is -0.506 e. The molecule has 0 radical (unpaired) electrons. The molecule has 2 rings (SSSR count). The van der Waals surface area contributed by atoms with Crippen LogP contribution in [0.3, 0.4) is 0 Å². The SMILES string of the molecule is CN(C)CCn1c(=O)[nH]c2cccc(O)c21. The zero-order valence-corrected chi connectivity index (χ0v) is 9.40. The third kappa shape index (κ3) is 1.81. The van der Waals surface area contributed by atoms with Crippen molar-refractivity contribution in [1.82, 2.24) is 14.5 Å². The summed E-state index contributed by atoms with van der Waals surface area (Å²) in [5, 5.41) is 9.74. The van der Waals surface area contributed by atoms with E-state index in [-0.39, 0.29) is 11.4 Å². The summed E-state index contributed by atoms with van der Waals surface area (Å²) >= 11 is 0. The van der Waals surface area contributed by atoms with Crippen LogP contribution in [0.1, 0.15) is 0 Å². The highest BCUT2D eigenvalue weighted by Gasteiger charge is 2.09. The molecule has 2 N–H and O–H groups in total. The first-order valence-electron chi connectivity index (χ1n) is 5.15. The standard InChI is InChI=1S/C11H15N3O2/c1-13(2)6-7-14-10-8(12-11(14)16)4-3-5-9(10)15/h3-5,15H,6-7H2,1-2H3,(H,12,16). The lowest BCUT2D eigenvalue weighted by atomic mass is 10.3. The molecule has 0 bridgehead atoms. The maximum atomic E-state index is 11.7. The fourth-order valence-electron chi connectivity index (χ4n) is 1.71. The third-order valence-corrected chi connectivity index (χ3v) is 2.54. The Hall–Kier alpha value is -1.75. The largest absolute Gasteiger partial charge is 0.506 e. The molecule has 86 valence electrons. The van der Waals surface area contributed by atoms with Crippen LogP contribution >= 0.6 is 0 Å². The van der Waals surface area contributed by atoms with E-state index < -0.39 is 0 Å². The van der Waals surface area contributed by atoms with Crippen molar-refractivity contribution < 1.29 is 5.11 Å². The first-order valence-corrected chi connectivity index (χ1v) is 5.15. The van der Waals surface area contributed by atoms with Gasteiger partial charge < -0.3 is 15.0 Å². The van der Waals surface area contributed by atoms with Crippen molar-refractivity contribution >= 4 is 11.0 Å². The number of aromatic amines is 1. The molecule has 5 nitrogen and oxygen atoms in total. The van der Waals surface area contributed by atoms with Gasteiger partial charge in [-0.1, -0.05) is 6.07 Å². The summed E-state index contributed by atoms with van der Waals surface area (Å²) in [5.41, 5.74) is 1.07. The molecule has 0 fully saturated rings. The molecule has 0 saturated carbocycles. The van der Waals surface area contributed by atoms with Gasteiger partial charge in [0.05, 0.1) is 5.52 Å². The molecule has 0 aliphatic rings. The van der Waals surface area contributed by atoms with Crippen molar-refractivity contribution in [2.24, 2.45) is 0 Å². The first kappa shape index (κ1) is 10.8. The molecule has 16 heavy (non-hydrogen) atoms. The number of aromatic hydroxyl groups is 1. The molecule has 0 aliphatic carbocycles. The van der Waals surface area contributed by atoms with Crippen molar-refractivity contribution in [3.63, 3.8) is 0 Å². The minimum atomic E-state index is -0.182. The summed E-state index contributed by atoms with van der Waals surface area (Å²) < 4.78 is 1.56. The van der Waals surface area contributed by atoms with Crippen LogP contribution in [0, 0.1) is 0 Å². The summed E-state index contributed by atoms with van der Waals surface area (Å²) in [5.74, 6) is 0.134. The number of fused-ring (bicyclic) bond motifs is 1. The Labute approximate surface area is 92.9 Å². The van der Waals surface area contributed by atoms with Crippen LogP contribution in [-0.2, 0) is 6.54 Å². The Bertz CT molecular complexity index is 554. The summed E-state index contributed by atoms with van der Waals surface area (Å²) in [4.78, 5) is 16.4. The van der Waals surface area contributed by atoms with Gasteiger partial charge in [-0.2, -0.15) is 0 Å². The van der Waals surface area contributed by atoms with Crippen LogP contribution in [0.5, 0.6) is 5.75 Å². The average molecular weight is 221 g/mol. The zero-order valence-electron chi connectivity index (χ0n) is 9.40. The first-order chi connectivity index (χ1) is 7.59. The summed E-state index contributed by atoms with van der Waals surface area (Å²) in [7, 11) is 3.89. The van der Waals surface area contributed by atoms with Gasteiger partial charge in [0.2, 0.25) is 0 Å². The molecule has 0 unspecified atom stereocenters. The number of nitrogens with one attached hydrogen (secondary N) is 1. The number of imidazole rings is 1. The fraction of sp³-hybridized carbons (Fsp3) is 0.364. The fourth-order valence-corrected chi connectivity index (χ4v) is 1.71. The molecular weight excluding hydrogens is 206 g/mol. The summed E-state index contributed by atoms with van der Waals surface area (Å²) in [6, 6.07) is 5.08. The van der Waals surface area contributed by atoms with E-state index in [4.69, 9.17) is 0 Å². The molecular formula is C11H15N3O2. The van der Waals surface area contributed by atoms with E-state index in [1.807, 2.05) is 19.0 Å². The van der Waals surface area contributed by atoms with Crippen LogP contribution in [0.4, 0.5) is 0 Å². The van der Waals surface area contributed by atoms with E-state index in [9.17, 15) is 9.90 Å². The Morgan fingerprint density at radius 3 is 2.88 bits per heavy atom. The lowest BCUT2D eigenvalue weighted by molar-refractivity contribution is 0.382. The normalized spacial score (nSPS) is 11.4. The Kier molecular flexibility index (Phi) is 2.70. The summed E-state index contributed by atoms with van der Waals surface area (Å²) in [6.45, 7) is 1.31. The second-order valence-corrected chi connectivity index (χ2v) is 4.06. The van der Waals surface area contributed by atoms with Gasteiger partial charge in [-0.15, -0.1) is 0 Å². The number of rotatable bonds is 3. The van der Waals surface area contributed by atoms with Crippen molar-refractivity contribution in [3.8, 4) is 5.75 Å². The van der Waals surface area contributed by atoms with Crippen molar-refractivity contribution in [2.75, 3.05) is 20.6 Å². The number of H-pyrrole nitrogens is 1. The second kappa shape index (κ2) is 4.02. The predicted octanol–water partition coefficient (Wildman–Crippen LogP) is 0.597. The van der Waals surface area contributed by atoms with Gasteiger partial charge in [-0.25, -0.2) is 4.79 Å². The molecule has 5 heteroatoms. The molecule has 0 amide bonds. The highest BCUT2D eigenvalue weighted by atomic mass is 16.3. The number of phenolic OH excluding ortho intramolecular Hbond substituents is 1. The number of hydrogen-bond acceptors (Lipinski definition) is 3. The number of nitrogens with zero attached hydrogens (tertiary/aromatic N) is 2. The number of phenols is 1. The van der Waals surface area contributed by atoms with Crippen LogP contribution in [0.25, 0.3) is 11.0 Å². The monoisotopic (exact) mass is 221 g/mol. The quantitative estimate of drug-likeness (QED) is 0.797. The Morgan fingerprint density at radius 1 is 1.44 bits per heavy atom. The van der Waals surface area contributed by atoms with Crippen LogP contribution in [0.2, 0.25) is 0 Å². The van der Waals surface area contributed by atoms with E-state index in [0.29, 0.717) is 17.6 Å². The van der Waals surface area contributed by atoms with Crippen LogP contribution in [-0.4, -0.2) is 40.2 Å². The second-order valence-electron chi connectivity index (χ2n) is 4.06. The zero-order chi connectivity index (χ0) is 11.7. The topological polar surface area (TPSA) is 61.3 Å². The average Bonchev–Trinajstić information content (AvgIpc) is 2.52. The molecule has 0 atom stereocenters. The van der Waals surface area contributed by atoms with Crippen molar-refractivity contribution in [2.45, 2.75) is 6.54 Å². The van der Waals surface area contributed by atoms with Crippen LogP contribution in [0.15, 0.2) is 23.0 Å². The molecule has 0 saturated heterocycles. The van der Waals surface area contributed by atoms with Gasteiger partial charge >= 0.3 is 5.69 Å². The molecule has 1 heterocycles. The molecule has 1 aromatic heterocycles. The molecule has 0 aliphatic heterocycles. The highest BCUT2D eigenvalue weighted by molar-refractivity contribution is 5.81. The van der Waals surface area contributed by atoms with E-state index >= 15 is 0 Å². The molecule has 1 aromatic carbocycles. The highest BCUT2D eigenvalue weighted by Crippen LogP contribution is 2.21. The van der Waals surface area contributed by atoms with Crippen molar-refractivity contribution in [1.29, 1.82) is 0 Å². The molecule has 2 aromatic rings. The van der Waals surface area contributed by atoms with Gasteiger partial charge in [0.25, 0.3) is 0 Å². The van der Waals surface area contributed by atoms with Gasteiger partial charge in [0, 0.05) is 13.1 Å². The predicted molar refractivity (Wildman–Crippen MR) is 62.8 cm³/mol.